The molecule has 0 radical (unpaired) electrons. The van der Waals surface area contributed by atoms with Crippen molar-refractivity contribution >= 4 is 29.1 Å². The number of amides is 3. The van der Waals surface area contributed by atoms with Gasteiger partial charge in [0.1, 0.15) is 6.04 Å². The van der Waals surface area contributed by atoms with Crippen molar-refractivity contribution in [2.24, 2.45) is 11.5 Å². The number of nitro groups is 1. The van der Waals surface area contributed by atoms with Crippen LogP contribution < -0.4 is 16.8 Å². The summed E-state index contributed by atoms with van der Waals surface area (Å²) in [6.45, 7) is 0.365. The lowest BCUT2D eigenvalue weighted by Crippen LogP contribution is -2.50. The molecule has 2 atom stereocenters. The Balaban J connectivity index is 2.03. The zero-order valence-corrected chi connectivity index (χ0v) is 13.4. The Bertz CT molecular complexity index is 690. The van der Waals surface area contributed by atoms with Crippen molar-refractivity contribution in [2.45, 2.75) is 31.3 Å². The van der Waals surface area contributed by atoms with E-state index in [1.807, 2.05) is 0 Å². The normalized spacial score (nSPS) is 17.8. The van der Waals surface area contributed by atoms with Crippen molar-refractivity contribution in [3.63, 3.8) is 0 Å². The molecule has 0 unspecified atom stereocenters. The summed E-state index contributed by atoms with van der Waals surface area (Å²) in [6.07, 6.45) is 0.813. The topological polar surface area (TPSA) is 162 Å². The highest BCUT2D eigenvalue weighted by Gasteiger charge is 2.36. The quantitative estimate of drug-likeness (QED) is 0.473. The van der Waals surface area contributed by atoms with E-state index in [-0.39, 0.29) is 12.1 Å². The van der Waals surface area contributed by atoms with E-state index in [0.717, 1.165) is 0 Å². The molecule has 1 aliphatic rings. The number of non-ortho nitro benzene ring substituents is 1. The number of carbonyl (C=O) groups excluding carboxylic acids is 3. The average Bonchev–Trinajstić information content (AvgIpc) is 3.03. The van der Waals surface area contributed by atoms with Crippen molar-refractivity contribution in [3.05, 3.63) is 34.4 Å². The number of nitro benzene ring substituents is 1. The highest BCUT2D eigenvalue weighted by atomic mass is 16.6. The van der Waals surface area contributed by atoms with Crippen molar-refractivity contribution in [3.8, 4) is 0 Å². The number of primary amides is 1. The fourth-order valence-corrected chi connectivity index (χ4v) is 2.71. The Morgan fingerprint density at radius 1 is 1.32 bits per heavy atom. The van der Waals surface area contributed by atoms with Gasteiger partial charge in [-0.25, -0.2) is 0 Å². The van der Waals surface area contributed by atoms with E-state index < -0.39 is 34.7 Å². The van der Waals surface area contributed by atoms with Gasteiger partial charge < -0.3 is 21.7 Å². The van der Waals surface area contributed by atoms with Crippen LogP contribution in [0.3, 0.4) is 0 Å². The number of rotatable bonds is 6. The smallest absolute Gasteiger partial charge is 0.269 e. The van der Waals surface area contributed by atoms with Crippen LogP contribution in [0.25, 0.3) is 0 Å². The molecule has 1 heterocycles. The maximum atomic E-state index is 12.4. The molecule has 3 amide bonds. The molecule has 1 aromatic rings. The van der Waals surface area contributed by atoms with E-state index in [2.05, 4.69) is 5.32 Å². The van der Waals surface area contributed by atoms with Gasteiger partial charge in [0.15, 0.2) is 0 Å². The molecule has 134 valence electrons. The van der Waals surface area contributed by atoms with E-state index in [9.17, 15) is 24.5 Å². The summed E-state index contributed by atoms with van der Waals surface area (Å²) in [5.41, 5.74) is 11.0. The van der Waals surface area contributed by atoms with Gasteiger partial charge in [-0.3, -0.25) is 24.5 Å². The second-order valence-electron chi connectivity index (χ2n) is 5.76. The van der Waals surface area contributed by atoms with Crippen LogP contribution in [0.4, 0.5) is 11.4 Å². The molecule has 0 aliphatic carbocycles. The molecule has 10 heteroatoms. The van der Waals surface area contributed by atoms with Gasteiger partial charge in [-0.05, 0) is 25.0 Å². The number of anilines is 1. The van der Waals surface area contributed by atoms with Gasteiger partial charge in [0.05, 0.1) is 17.4 Å². The molecular formula is C15H19N5O5. The summed E-state index contributed by atoms with van der Waals surface area (Å²) in [5.74, 6) is -1.60. The standard InChI is InChI=1S/C15H19N5O5/c16-11(8-13(17)21)15(23)19-7-1-2-12(19)14(22)18-9-3-5-10(6-4-9)20(24)25/h3-6,11-12H,1-2,7-8,16H2,(H2,17,21)(H,18,22)/t11-,12-/m0/s1. The van der Waals surface area contributed by atoms with Gasteiger partial charge in [0.25, 0.3) is 5.69 Å². The summed E-state index contributed by atoms with van der Waals surface area (Å²) in [6, 6.07) is 3.59. The van der Waals surface area contributed by atoms with Crippen LogP contribution in [0.15, 0.2) is 24.3 Å². The molecule has 0 spiro atoms. The highest BCUT2D eigenvalue weighted by Crippen LogP contribution is 2.21. The fraction of sp³-hybridized carbons (Fsp3) is 0.400. The lowest BCUT2D eigenvalue weighted by Gasteiger charge is -2.26. The Morgan fingerprint density at radius 2 is 1.96 bits per heavy atom. The lowest BCUT2D eigenvalue weighted by atomic mass is 10.1. The summed E-state index contributed by atoms with van der Waals surface area (Å²) in [7, 11) is 0. The molecule has 10 nitrogen and oxygen atoms in total. The van der Waals surface area contributed by atoms with E-state index in [1.54, 1.807) is 0 Å². The third kappa shape index (κ3) is 4.51. The average molecular weight is 349 g/mol. The van der Waals surface area contributed by atoms with Crippen molar-refractivity contribution in [2.75, 3.05) is 11.9 Å². The zero-order chi connectivity index (χ0) is 18.6. The molecule has 2 rings (SSSR count). The highest BCUT2D eigenvalue weighted by molar-refractivity contribution is 5.98. The minimum atomic E-state index is -1.08. The second kappa shape index (κ2) is 7.71. The van der Waals surface area contributed by atoms with Crippen LogP contribution in [0.5, 0.6) is 0 Å². The summed E-state index contributed by atoms with van der Waals surface area (Å²) in [4.78, 5) is 47.1. The first-order valence-electron chi connectivity index (χ1n) is 7.69. The molecule has 1 fully saturated rings. The number of hydrogen-bond acceptors (Lipinski definition) is 6. The maximum absolute atomic E-state index is 12.4. The Morgan fingerprint density at radius 3 is 2.52 bits per heavy atom. The Labute approximate surface area is 143 Å². The van der Waals surface area contributed by atoms with Crippen LogP contribution >= 0.6 is 0 Å². The largest absolute Gasteiger partial charge is 0.370 e. The van der Waals surface area contributed by atoms with Crippen LogP contribution in [-0.2, 0) is 14.4 Å². The molecule has 1 aliphatic heterocycles. The number of carbonyl (C=O) groups is 3. The monoisotopic (exact) mass is 349 g/mol. The zero-order valence-electron chi connectivity index (χ0n) is 13.4. The predicted octanol–water partition coefficient (Wildman–Crippen LogP) is -0.273. The summed E-state index contributed by atoms with van der Waals surface area (Å²) < 4.78 is 0. The first kappa shape index (κ1) is 18.3. The summed E-state index contributed by atoms with van der Waals surface area (Å²) >= 11 is 0. The lowest BCUT2D eigenvalue weighted by molar-refractivity contribution is -0.384. The third-order valence-electron chi connectivity index (χ3n) is 3.92. The molecular weight excluding hydrogens is 330 g/mol. The third-order valence-corrected chi connectivity index (χ3v) is 3.92. The van der Waals surface area contributed by atoms with E-state index in [1.165, 1.54) is 29.2 Å². The molecule has 0 bridgehead atoms. The number of nitrogens with zero attached hydrogens (tertiary/aromatic N) is 2. The number of likely N-dealkylation sites (tertiary alicyclic amines) is 1. The number of nitrogens with two attached hydrogens (primary N) is 2. The van der Waals surface area contributed by atoms with Crippen LogP contribution in [0.2, 0.25) is 0 Å². The van der Waals surface area contributed by atoms with Gasteiger partial charge in [0.2, 0.25) is 17.7 Å². The van der Waals surface area contributed by atoms with Crippen molar-refractivity contribution < 1.29 is 19.3 Å². The minimum absolute atomic E-state index is 0.0897. The number of benzene rings is 1. The van der Waals surface area contributed by atoms with E-state index in [0.29, 0.717) is 25.1 Å². The molecule has 25 heavy (non-hydrogen) atoms. The van der Waals surface area contributed by atoms with Gasteiger partial charge in [-0.2, -0.15) is 0 Å². The van der Waals surface area contributed by atoms with E-state index in [4.69, 9.17) is 11.5 Å². The summed E-state index contributed by atoms with van der Waals surface area (Å²) in [5, 5.41) is 13.3. The molecule has 1 saturated heterocycles. The number of hydrogen-bond donors (Lipinski definition) is 3. The van der Waals surface area contributed by atoms with Gasteiger partial charge in [0, 0.05) is 24.4 Å². The Hall–Kier alpha value is -3.01. The van der Waals surface area contributed by atoms with Crippen LogP contribution in [0.1, 0.15) is 19.3 Å². The maximum Gasteiger partial charge on any atom is 0.269 e. The minimum Gasteiger partial charge on any atom is -0.370 e. The van der Waals surface area contributed by atoms with Gasteiger partial charge >= 0.3 is 0 Å². The van der Waals surface area contributed by atoms with Crippen molar-refractivity contribution in [1.29, 1.82) is 0 Å². The number of nitrogens with one attached hydrogen (secondary N) is 1. The SMILES string of the molecule is NC(=O)C[C@H](N)C(=O)N1CCC[C@H]1C(=O)Nc1ccc([N+](=O)[O-])cc1. The first-order valence-corrected chi connectivity index (χ1v) is 7.69. The first-order chi connectivity index (χ1) is 11.8. The predicted molar refractivity (Wildman–Crippen MR) is 88.2 cm³/mol. The van der Waals surface area contributed by atoms with Crippen LogP contribution in [-0.4, -0.2) is 46.2 Å². The second-order valence-corrected chi connectivity index (χ2v) is 5.76. The van der Waals surface area contributed by atoms with Gasteiger partial charge in [-0.1, -0.05) is 0 Å². The fourth-order valence-electron chi connectivity index (χ4n) is 2.71. The van der Waals surface area contributed by atoms with E-state index >= 15 is 0 Å². The van der Waals surface area contributed by atoms with Crippen molar-refractivity contribution in [1.82, 2.24) is 4.90 Å². The Kier molecular flexibility index (Phi) is 5.65. The molecule has 0 saturated carbocycles. The van der Waals surface area contributed by atoms with Gasteiger partial charge in [-0.15, -0.1) is 0 Å². The molecule has 5 N–H and O–H groups in total. The molecule has 0 aromatic heterocycles. The van der Waals surface area contributed by atoms with Crippen LogP contribution in [0, 0.1) is 10.1 Å². The molecule has 1 aromatic carbocycles.